The molecule has 0 aliphatic rings. The second-order valence-corrected chi connectivity index (χ2v) is 8.57. The Bertz CT molecular complexity index is 954. The molecule has 150 valence electrons. The highest BCUT2D eigenvalue weighted by molar-refractivity contribution is 7.89. The number of carbonyl (C=O) groups excluding carboxylic acids is 2. The molecule has 0 bridgehead atoms. The number of hydrogen-bond acceptors (Lipinski definition) is 4. The Morgan fingerprint density at radius 3 is 2.11 bits per heavy atom. The standard InChI is InChI=1S/C20H25N3O4S/c1-5-19(24)21-16-7-6-8-17(13-16)22-20(25)15-9-11-18(12-10-15)28(26,27)23(4)14(2)3/h6-14H,5H2,1-4H3,(H,21,24)(H,22,25). The summed E-state index contributed by atoms with van der Waals surface area (Å²) in [5, 5.41) is 5.47. The van der Waals surface area contributed by atoms with E-state index in [4.69, 9.17) is 0 Å². The maximum Gasteiger partial charge on any atom is 0.255 e. The molecule has 0 aliphatic heterocycles. The third-order valence-electron chi connectivity index (χ3n) is 4.25. The SMILES string of the molecule is CCC(=O)Nc1cccc(NC(=O)c2ccc(S(=O)(=O)N(C)C(C)C)cc2)c1. The number of nitrogens with zero attached hydrogens (tertiary/aromatic N) is 1. The van der Waals surface area contributed by atoms with Crippen LogP contribution in [0.15, 0.2) is 53.4 Å². The van der Waals surface area contributed by atoms with Gasteiger partial charge < -0.3 is 10.6 Å². The molecule has 0 aliphatic carbocycles. The van der Waals surface area contributed by atoms with Crippen LogP contribution in [0.3, 0.4) is 0 Å². The zero-order chi connectivity index (χ0) is 20.9. The Morgan fingerprint density at radius 1 is 1.00 bits per heavy atom. The first-order valence-corrected chi connectivity index (χ1v) is 10.4. The number of sulfonamides is 1. The number of anilines is 2. The molecule has 8 heteroatoms. The summed E-state index contributed by atoms with van der Waals surface area (Å²) in [6, 6.07) is 12.4. The minimum absolute atomic E-state index is 0.119. The third-order valence-corrected chi connectivity index (χ3v) is 6.29. The molecule has 2 rings (SSSR count). The highest BCUT2D eigenvalue weighted by atomic mass is 32.2. The molecular weight excluding hydrogens is 378 g/mol. The molecule has 0 heterocycles. The molecule has 0 aromatic heterocycles. The van der Waals surface area contributed by atoms with Gasteiger partial charge in [-0.15, -0.1) is 0 Å². The summed E-state index contributed by atoms with van der Waals surface area (Å²) in [7, 11) is -2.08. The van der Waals surface area contributed by atoms with Crippen molar-refractivity contribution < 1.29 is 18.0 Å². The van der Waals surface area contributed by atoms with Crippen molar-refractivity contribution in [2.24, 2.45) is 0 Å². The fraction of sp³-hybridized carbons (Fsp3) is 0.300. The number of hydrogen-bond donors (Lipinski definition) is 2. The number of rotatable bonds is 7. The van der Waals surface area contributed by atoms with Crippen LogP contribution >= 0.6 is 0 Å². The van der Waals surface area contributed by atoms with Crippen LogP contribution in [0.25, 0.3) is 0 Å². The first-order valence-electron chi connectivity index (χ1n) is 8.94. The Morgan fingerprint density at radius 2 is 1.57 bits per heavy atom. The van der Waals surface area contributed by atoms with Crippen molar-refractivity contribution >= 4 is 33.2 Å². The average Bonchev–Trinajstić information content (AvgIpc) is 2.67. The number of nitrogens with one attached hydrogen (secondary N) is 2. The van der Waals surface area contributed by atoms with Gasteiger partial charge in [0, 0.05) is 36.4 Å². The van der Waals surface area contributed by atoms with E-state index in [1.807, 2.05) is 0 Å². The van der Waals surface area contributed by atoms with Gasteiger partial charge in [-0.25, -0.2) is 8.42 Å². The second kappa shape index (κ2) is 8.99. The van der Waals surface area contributed by atoms with Crippen molar-refractivity contribution in [3.63, 3.8) is 0 Å². The van der Waals surface area contributed by atoms with Crippen LogP contribution in [0.2, 0.25) is 0 Å². The molecule has 0 fully saturated rings. The van der Waals surface area contributed by atoms with E-state index in [1.165, 1.54) is 35.6 Å². The van der Waals surface area contributed by atoms with Crippen LogP contribution in [0, 0.1) is 0 Å². The van der Waals surface area contributed by atoms with Gasteiger partial charge in [0.1, 0.15) is 0 Å². The summed E-state index contributed by atoms with van der Waals surface area (Å²) in [6.45, 7) is 5.33. The molecule has 0 saturated carbocycles. The molecule has 2 aromatic rings. The lowest BCUT2D eigenvalue weighted by Crippen LogP contribution is -2.33. The predicted octanol–water partition coefficient (Wildman–Crippen LogP) is 3.32. The van der Waals surface area contributed by atoms with Gasteiger partial charge in [-0.05, 0) is 56.3 Å². The maximum atomic E-state index is 12.5. The lowest BCUT2D eigenvalue weighted by Gasteiger charge is -2.21. The summed E-state index contributed by atoms with van der Waals surface area (Å²) in [5.74, 6) is -0.494. The highest BCUT2D eigenvalue weighted by Crippen LogP contribution is 2.19. The van der Waals surface area contributed by atoms with Gasteiger partial charge >= 0.3 is 0 Å². The van der Waals surface area contributed by atoms with Crippen molar-refractivity contribution in [3.05, 3.63) is 54.1 Å². The van der Waals surface area contributed by atoms with Crippen LogP contribution in [-0.2, 0) is 14.8 Å². The molecule has 0 unspecified atom stereocenters. The van der Waals surface area contributed by atoms with Crippen LogP contribution in [0.1, 0.15) is 37.6 Å². The van der Waals surface area contributed by atoms with Crippen molar-refractivity contribution in [1.29, 1.82) is 0 Å². The van der Waals surface area contributed by atoms with Gasteiger partial charge in [0.05, 0.1) is 4.90 Å². The zero-order valence-corrected chi connectivity index (χ0v) is 17.2. The smallest absolute Gasteiger partial charge is 0.255 e. The van der Waals surface area contributed by atoms with E-state index >= 15 is 0 Å². The maximum absolute atomic E-state index is 12.5. The van der Waals surface area contributed by atoms with E-state index in [0.29, 0.717) is 23.4 Å². The summed E-state index contributed by atoms with van der Waals surface area (Å²) in [6.07, 6.45) is 0.359. The summed E-state index contributed by atoms with van der Waals surface area (Å²) in [4.78, 5) is 24.1. The Balaban J connectivity index is 2.14. The van der Waals surface area contributed by atoms with Crippen LogP contribution < -0.4 is 10.6 Å². The largest absolute Gasteiger partial charge is 0.326 e. The molecule has 2 N–H and O–H groups in total. The van der Waals surface area contributed by atoms with Crippen molar-refractivity contribution in [1.82, 2.24) is 4.31 Å². The summed E-state index contributed by atoms with van der Waals surface area (Å²) >= 11 is 0. The van der Waals surface area contributed by atoms with Crippen LogP contribution in [0.5, 0.6) is 0 Å². The monoisotopic (exact) mass is 403 g/mol. The molecule has 0 spiro atoms. The normalized spacial score (nSPS) is 11.5. The van der Waals surface area contributed by atoms with E-state index < -0.39 is 10.0 Å². The van der Waals surface area contributed by atoms with Crippen molar-refractivity contribution in [3.8, 4) is 0 Å². The van der Waals surface area contributed by atoms with Gasteiger partial charge in [0.25, 0.3) is 5.91 Å². The molecule has 0 saturated heterocycles. The number of amides is 2. The summed E-state index contributed by atoms with van der Waals surface area (Å²) in [5.41, 5.74) is 1.44. The topological polar surface area (TPSA) is 95.6 Å². The highest BCUT2D eigenvalue weighted by Gasteiger charge is 2.23. The van der Waals surface area contributed by atoms with E-state index in [2.05, 4.69) is 10.6 Å². The quantitative estimate of drug-likeness (QED) is 0.741. The lowest BCUT2D eigenvalue weighted by atomic mass is 10.2. The minimum Gasteiger partial charge on any atom is -0.326 e. The molecule has 7 nitrogen and oxygen atoms in total. The fourth-order valence-electron chi connectivity index (χ4n) is 2.35. The Hall–Kier alpha value is -2.71. The van der Waals surface area contributed by atoms with E-state index in [9.17, 15) is 18.0 Å². The van der Waals surface area contributed by atoms with Gasteiger partial charge in [-0.1, -0.05) is 13.0 Å². The Kier molecular flexibility index (Phi) is 6.93. The number of carbonyl (C=O) groups is 2. The molecule has 2 amide bonds. The lowest BCUT2D eigenvalue weighted by molar-refractivity contribution is -0.115. The van der Waals surface area contributed by atoms with Crippen molar-refractivity contribution in [2.75, 3.05) is 17.7 Å². The molecular formula is C20H25N3O4S. The average molecular weight is 404 g/mol. The van der Waals surface area contributed by atoms with Crippen molar-refractivity contribution in [2.45, 2.75) is 38.1 Å². The Labute approximate surface area is 165 Å². The van der Waals surface area contributed by atoms with Crippen LogP contribution in [-0.4, -0.2) is 37.6 Å². The van der Waals surface area contributed by atoms with Gasteiger partial charge in [0.15, 0.2) is 0 Å². The minimum atomic E-state index is -3.60. The third kappa shape index (κ3) is 5.17. The van der Waals surface area contributed by atoms with Gasteiger partial charge in [-0.2, -0.15) is 4.31 Å². The van der Waals surface area contributed by atoms with E-state index in [0.717, 1.165) is 0 Å². The van der Waals surface area contributed by atoms with E-state index in [1.54, 1.807) is 45.0 Å². The predicted molar refractivity (Wildman–Crippen MR) is 110 cm³/mol. The fourth-order valence-corrected chi connectivity index (χ4v) is 3.72. The van der Waals surface area contributed by atoms with Gasteiger partial charge in [0.2, 0.25) is 15.9 Å². The molecule has 0 atom stereocenters. The van der Waals surface area contributed by atoms with Crippen LogP contribution in [0.4, 0.5) is 11.4 Å². The summed E-state index contributed by atoms with van der Waals surface area (Å²) < 4.78 is 26.2. The first kappa shape index (κ1) is 21.6. The molecule has 28 heavy (non-hydrogen) atoms. The number of benzene rings is 2. The van der Waals surface area contributed by atoms with Gasteiger partial charge in [-0.3, -0.25) is 9.59 Å². The molecule has 2 aromatic carbocycles. The zero-order valence-electron chi connectivity index (χ0n) is 16.4. The van der Waals surface area contributed by atoms with E-state index in [-0.39, 0.29) is 22.8 Å². The second-order valence-electron chi connectivity index (χ2n) is 6.58. The molecule has 0 radical (unpaired) electrons. The first-order chi connectivity index (χ1) is 13.1.